The van der Waals surface area contributed by atoms with Crippen molar-refractivity contribution in [1.29, 1.82) is 0 Å². The molecule has 0 saturated carbocycles. The second-order valence-corrected chi connectivity index (χ2v) is 4.35. The zero-order valence-electron chi connectivity index (χ0n) is 9.46. The zero-order chi connectivity index (χ0) is 12.4. The van der Waals surface area contributed by atoms with Crippen LogP contribution < -0.4 is 5.32 Å². The molecule has 0 radical (unpaired) electrons. The van der Waals surface area contributed by atoms with E-state index < -0.39 is 0 Å². The summed E-state index contributed by atoms with van der Waals surface area (Å²) in [5, 5.41) is 2.99. The third-order valence-corrected chi connectivity index (χ3v) is 3.31. The molecule has 0 aliphatic rings. The number of hydrogen-bond acceptors (Lipinski definition) is 3. The van der Waals surface area contributed by atoms with Crippen LogP contribution in [0.3, 0.4) is 0 Å². The molecule has 0 aliphatic heterocycles. The lowest BCUT2D eigenvalue weighted by Crippen LogP contribution is -2.00. The normalized spacial score (nSPS) is 10.4. The van der Waals surface area contributed by atoms with Gasteiger partial charge in [-0.15, -0.1) is 0 Å². The van der Waals surface area contributed by atoms with Crippen LogP contribution in [-0.2, 0) is 0 Å². The fourth-order valence-electron chi connectivity index (χ4n) is 1.45. The highest BCUT2D eigenvalue weighted by Gasteiger charge is 2.09. The summed E-state index contributed by atoms with van der Waals surface area (Å²) in [4.78, 5) is 8.72. The zero-order valence-corrected chi connectivity index (χ0v) is 11.0. The lowest BCUT2D eigenvalue weighted by molar-refractivity contribution is 0.628. The summed E-state index contributed by atoms with van der Waals surface area (Å²) in [5.74, 6) is 1.03. The molecule has 5 heteroatoms. The Morgan fingerprint density at radius 3 is 2.41 bits per heavy atom. The Hall–Kier alpha value is -1.49. The van der Waals surface area contributed by atoms with Crippen LogP contribution in [0.4, 0.5) is 10.2 Å². The van der Waals surface area contributed by atoms with Crippen LogP contribution in [0.2, 0.25) is 0 Å². The van der Waals surface area contributed by atoms with Crippen LogP contribution in [0.25, 0.3) is 11.4 Å². The molecule has 88 valence electrons. The van der Waals surface area contributed by atoms with E-state index in [0.717, 1.165) is 21.5 Å². The maximum absolute atomic E-state index is 12.8. The van der Waals surface area contributed by atoms with Gasteiger partial charge >= 0.3 is 0 Å². The average molecular weight is 296 g/mol. The van der Waals surface area contributed by atoms with Gasteiger partial charge in [0.05, 0.1) is 10.2 Å². The molecule has 0 fully saturated rings. The molecule has 0 saturated heterocycles. The van der Waals surface area contributed by atoms with E-state index in [1.807, 2.05) is 6.92 Å². The van der Waals surface area contributed by atoms with Crippen molar-refractivity contribution in [1.82, 2.24) is 9.97 Å². The van der Waals surface area contributed by atoms with Crippen molar-refractivity contribution < 1.29 is 4.39 Å². The van der Waals surface area contributed by atoms with Gasteiger partial charge < -0.3 is 5.32 Å². The van der Waals surface area contributed by atoms with E-state index in [9.17, 15) is 4.39 Å². The first-order valence-electron chi connectivity index (χ1n) is 5.09. The van der Waals surface area contributed by atoms with Gasteiger partial charge in [0, 0.05) is 12.6 Å². The molecule has 0 bridgehead atoms. The minimum absolute atomic E-state index is 0.267. The van der Waals surface area contributed by atoms with Crippen LogP contribution >= 0.6 is 15.9 Å². The number of benzene rings is 1. The average Bonchev–Trinajstić information content (AvgIpc) is 2.33. The lowest BCUT2D eigenvalue weighted by atomic mass is 10.2. The predicted octanol–water partition coefficient (Wildman–Crippen LogP) is 3.40. The van der Waals surface area contributed by atoms with Crippen LogP contribution in [0.1, 0.15) is 5.69 Å². The van der Waals surface area contributed by atoms with Crippen LogP contribution in [0.5, 0.6) is 0 Å². The van der Waals surface area contributed by atoms with Crippen LogP contribution in [0, 0.1) is 12.7 Å². The van der Waals surface area contributed by atoms with E-state index in [1.165, 1.54) is 12.1 Å². The molecule has 1 heterocycles. The van der Waals surface area contributed by atoms with Crippen molar-refractivity contribution in [2.45, 2.75) is 6.92 Å². The highest BCUT2D eigenvalue weighted by atomic mass is 79.9. The smallest absolute Gasteiger partial charge is 0.161 e. The van der Waals surface area contributed by atoms with Crippen molar-refractivity contribution in [3.05, 3.63) is 40.2 Å². The van der Waals surface area contributed by atoms with Gasteiger partial charge in [0.2, 0.25) is 0 Å². The van der Waals surface area contributed by atoms with Crippen LogP contribution in [-0.4, -0.2) is 17.0 Å². The van der Waals surface area contributed by atoms with Crippen molar-refractivity contribution in [3.8, 4) is 11.4 Å². The Morgan fingerprint density at radius 2 is 1.82 bits per heavy atom. The molecule has 17 heavy (non-hydrogen) atoms. The number of anilines is 1. The molecule has 0 atom stereocenters. The summed E-state index contributed by atoms with van der Waals surface area (Å²) in [6, 6.07) is 6.12. The van der Waals surface area contributed by atoms with E-state index in [2.05, 4.69) is 31.2 Å². The molecule has 2 aromatic rings. The first kappa shape index (κ1) is 12.0. The Morgan fingerprint density at radius 1 is 1.18 bits per heavy atom. The first-order chi connectivity index (χ1) is 8.11. The van der Waals surface area contributed by atoms with Crippen molar-refractivity contribution in [2.75, 3.05) is 12.4 Å². The summed E-state index contributed by atoms with van der Waals surface area (Å²) >= 11 is 3.41. The van der Waals surface area contributed by atoms with Crippen molar-refractivity contribution >= 4 is 21.7 Å². The summed E-state index contributed by atoms with van der Waals surface area (Å²) < 4.78 is 13.7. The van der Waals surface area contributed by atoms with Gasteiger partial charge in [-0.25, -0.2) is 14.4 Å². The highest BCUT2D eigenvalue weighted by Crippen LogP contribution is 2.26. The molecular formula is C12H11BrFN3. The SMILES string of the molecule is CNc1nc(-c2ccc(F)cc2)nc(C)c1Br. The molecule has 0 aliphatic carbocycles. The van der Waals surface area contributed by atoms with E-state index in [-0.39, 0.29) is 5.82 Å². The van der Waals surface area contributed by atoms with Gasteiger partial charge in [-0.1, -0.05) is 0 Å². The Balaban J connectivity index is 2.52. The Labute approximate surface area is 107 Å². The number of halogens is 2. The molecular weight excluding hydrogens is 285 g/mol. The second kappa shape index (κ2) is 4.79. The molecule has 2 rings (SSSR count). The van der Waals surface area contributed by atoms with Crippen molar-refractivity contribution in [3.63, 3.8) is 0 Å². The highest BCUT2D eigenvalue weighted by molar-refractivity contribution is 9.10. The second-order valence-electron chi connectivity index (χ2n) is 3.55. The summed E-state index contributed by atoms with van der Waals surface area (Å²) in [6.45, 7) is 1.89. The number of nitrogens with zero attached hydrogens (tertiary/aromatic N) is 2. The quantitative estimate of drug-likeness (QED) is 0.923. The minimum atomic E-state index is -0.267. The third kappa shape index (κ3) is 2.44. The summed E-state index contributed by atoms with van der Waals surface area (Å²) in [6.07, 6.45) is 0. The molecule has 3 nitrogen and oxygen atoms in total. The molecule has 1 aromatic heterocycles. The largest absolute Gasteiger partial charge is 0.372 e. The van der Waals surface area contributed by atoms with Gasteiger partial charge in [0.25, 0.3) is 0 Å². The minimum Gasteiger partial charge on any atom is -0.372 e. The molecule has 1 N–H and O–H groups in total. The number of rotatable bonds is 2. The van der Waals surface area contributed by atoms with Crippen LogP contribution in [0.15, 0.2) is 28.7 Å². The number of hydrogen-bond donors (Lipinski definition) is 1. The van der Waals surface area contributed by atoms with E-state index in [0.29, 0.717) is 5.82 Å². The Bertz CT molecular complexity index is 540. The maximum atomic E-state index is 12.8. The predicted molar refractivity (Wildman–Crippen MR) is 69.4 cm³/mol. The maximum Gasteiger partial charge on any atom is 0.161 e. The van der Waals surface area contributed by atoms with Gasteiger partial charge in [-0.05, 0) is 47.1 Å². The number of aromatic nitrogens is 2. The molecule has 0 unspecified atom stereocenters. The topological polar surface area (TPSA) is 37.8 Å². The summed E-state index contributed by atoms with van der Waals surface area (Å²) in [5.41, 5.74) is 1.63. The van der Waals surface area contributed by atoms with E-state index in [1.54, 1.807) is 19.2 Å². The molecule has 1 aromatic carbocycles. The van der Waals surface area contributed by atoms with Gasteiger partial charge in [-0.3, -0.25) is 0 Å². The van der Waals surface area contributed by atoms with E-state index in [4.69, 9.17) is 0 Å². The fraction of sp³-hybridized carbons (Fsp3) is 0.167. The third-order valence-electron chi connectivity index (χ3n) is 2.36. The summed E-state index contributed by atoms with van der Waals surface area (Å²) in [7, 11) is 1.79. The van der Waals surface area contributed by atoms with Gasteiger partial charge in [0.15, 0.2) is 5.82 Å². The van der Waals surface area contributed by atoms with E-state index >= 15 is 0 Å². The van der Waals surface area contributed by atoms with Crippen molar-refractivity contribution in [2.24, 2.45) is 0 Å². The molecule has 0 amide bonds. The lowest BCUT2D eigenvalue weighted by Gasteiger charge is -2.08. The number of aryl methyl sites for hydroxylation is 1. The molecule has 0 spiro atoms. The standard InChI is InChI=1S/C12H11BrFN3/c1-7-10(13)12(15-2)17-11(16-7)8-3-5-9(14)6-4-8/h3-6H,1-2H3,(H,15,16,17). The van der Waals surface area contributed by atoms with Gasteiger partial charge in [-0.2, -0.15) is 0 Å². The Kier molecular flexibility index (Phi) is 3.38. The first-order valence-corrected chi connectivity index (χ1v) is 5.89. The fourth-order valence-corrected chi connectivity index (χ4v) is 1.83. The number of nitrogens with one attached hydrogen (secondary N) is 1. The monoisotopic (exact) mass is 295 g/mol. The van der Waals surface area contributed by atoms with Gasteiger partial charge in [0.1, 0.15) is 11.6 Å².